The summed E-state index contributed by atoms with van der Waals surface area (Å²) < 4.78 is 5.58. The third-order valence-electron chi connectivity index (χ3n) is 4.74. The highest BCUT2D eigenvalue weighted by molar-refractivity contribution is 5.94. The van der Waals surface area contributed by atoms with Crippen molar-refractivity contribution < 1.29 is 9.21 Å². The number of nitrogens with zero attached hydrogens (tertiary/aromatic N) is 2. The van der Waals surface area contributed by atoms with Gasteiger partial charge in [-0.3, -0.25) is 4.79 Å². The topological polar surface area (TPSA) is 46.3 Å². The molecule has 1 amide bonds. The van der Waals surface area contributed by atoms with Gasteiger partial charge >= 0.3 is 0 Å². The second-order valence-corrected chi connectivity index (χ2v) is 6.80. The lowest BCUT2D eigenvalue weighted by atomic mass is 10.1. The van der Waals surface area contributed by atoms with Crippen LogP contribution in [0.2, 0.25) is 0 Å². The molecule has 0 saturated heterocycles. The summed E-state index contributed by atoms with van der Waals surface area (Å²) in [6.07, 6.45) is 2.55. The molecule has 0 unspecified atom stereocenters. The fourth-order valence-electron chi connectivity index (χ4n) is 3.24. The molecule has 0 fully saturated rings. The molecule has 0 atom stereocenters. The van der Waals surface area contributed by atoms with E-state index in [0.29, 0.717) is 18.1 Å². The highest BCUT2D eigenvalue weighted by Gasteiger charge is 2.18. The summed E-state index contributed by atoms with van der Waals surface area (Å²) in [5.74, 6) is 0.531. The lowest BCUT2D eigenvalue weighted by molar-refractivity contribution is -0.118. The maximum atomic E-state index is 13.1. The molecular weight excluding hydrogens is 360 g/mol. The zero-order valence-electron chi connectivity index (χ0n) is 16.1. The van der Waals surface area contributed by atoms with Gasteiger partial charge in [0.15, 0.2) is 0 Å². The Morgan fingerprint density at radius 1 is 0.828 bits per heavy atom. The number of hydrogen-bond acceptors (Lipinski definition) is 3. The first-order valence-electron chi connectivity index (χ1n) is 9.69. The number of anilines is 1. The Bertz CT molecular complexity index is 1040. The van der Waals surface area contributed by atoms with Crippen molar-refractivity contribution in [2.45, 2.75) is 12.8 Å². The molecule has 0 spiro atoms. The summed E-state index contributed by atoms with van der Waals surface area (Å²) in [6, 6.07) is 29.7. The van der Waals surface area contributed by atoms with Crippen molar-refractivity contribution in [2.24, 2.45) is 0 Å². The van der Waals surface area contributed by atoms with Crippen LogP contribution in [0.25, 0.3) is 11.5 Å². The van der Waals surface area contributed by atoms with Crippen LogP contribution in [0, 0.1) is 0 Å². The Kier molecular flexibility index (Phi) is 5.81. The van der Waals surface area contributed by atoms with Crippen LogP contribution >= 0.6 is 0 Å². The number of para-hydroxylation sites is 1. The van der Waals surface area contributed by atoms with Crippen molar-refractivity contribution in [3.63, 3.8) is 0 Å². The average Bonchev–Trinajstić information content (AvgIpc) is 3.24. The quantitative estimate of drug-likeness (QED) is 0.443. The summed E-state index contributed by atoms with van der Waals surface area (Å²) in [5.41, 5.74) is 3.62. The number of rotatable bonds is 7. The second-order valence-electron chi connectivity index (χ2n) is 6.80. The normalized spacial score (nSPS) is 10.6. The molecule has 144 valence electrons. The fraction of sp³-hybridized carbons (Fsp3) is 0.120. The maximum Gasteiger partial charge on any atom is 0.233 e. The third kappa shape index (κ3) is 4.79. The van der Waals surface area contributed by atoms with Crippen LogP contribution in [-0.2, 0) is 17.6 Å². The summed E-state index contributed by atoms with van der Waals surface area (Å²) >= 11 is 0. The van der Waals surface area contributed by atoms with Crippen molar-refractivity contribution >= 4 is 11.6 Å². The van der Waals surface area contributed by atoms with Gasteiger partial charge in [0.1, 0.15) is 6.26 Å². The minimum absolute atomic E-state index is 0.0000396. The molecule has 1 aromatic heterocycles. The zero-order chi connectivity index (χ0) is 19.9. The Hall–Kier alpha value is -3.66. The van der Waals surface area contributed by atoms with Crippen molar-refractivity contribution in [1.82, 2.24) is 4.98 Å². The second kappa shape index (κ2) is 9.02. The van der Waals surface area contributed by atoms with Gasteiger partial charge in [-0.05, 0) is 36.2 Å². The predicted molar refractivity (Wildman–Crippen MR) is 115 cm³/mol. The molecule has 0 bridgehead atoms. The van der Waals surface area contributed by atoms with Gasteiger partial charge in [0, 0.05) is 17.8 Å². The molecule has 4 aromatic rings. The van der Waals surface area contributed by atoms with Crippen LogP contribution in [-0.4, -0.2) is 17.4 Å². The molecule has 1 heterocycles. The van der Waals surface area contributed by atoms with Crippen molar-refractivity contribution in [2.75, 3.05) is 11.4 Å². The first kappa shape index (κ1) is 18.7. The highest BCUT2D eigenvalue weighted by Crippen LogP contribution is 2.20. The van der Waals surface area contributed by atoms with Gasteiger partial charge in [0.2, 0.25) is 11.8 Å². The SMILES string of the molecule is O=C(Cc1coc(-c2ccccc2)n1)N(CCc1ccccc1)c1ccccc1. The van der Waals surface area contributed by atoms with Crippen LogP contribution in [0.3, 0.4) is 0 Å². The number of amides is 1. The number of aromatic nitrogens is 1. The van der Waals surface area contributed by atoms with E-state index in [9.17, 15) is 4.79 Å². The van der Waals surface area contributed by atoms with Crippen LogP contribution in [0.5, 0.6) is 0 Å². The smallest absolute Gasteiger partial charge is 0.233 e. The molecule has 0 radical (unpaired) electrons. The van der Waals surface area contributed by atoms with Gasteiger partial charge in [0.25, 0.3) is 0 Å². The largest absolute Gasteiger partial charge is 0.444 e. The van der Waals surface area contributed by atoms with Crippen LogP contribution in [0.4, 0.5) is 5.69 Å². The first-order valence-corrected chi connectivity index (χ1v) is 9.69. The first-order chi connectivity index (χ1) is 14.3. The summed E-state index contributed by atoms with van der Waals surface area (Å²) in [4.78, 5) is 19.4. The van der Waals surface area contributed by atoms with Gasteiger partial charge in [-0.1, -0.05) is 66.7 Å². The lowest BCUT2D eigenvalue weighted by Crippen LogP contribution is -2.34. The molecular formula is C25H22N2O2. The van der Waals surface area contributed by atoms with E-state index in [1.807, 2.05) is 83.8 Å². The summed E-state index contributed by atoms with van der Waals surface area (Å²) in [6.45, 7) is 0.607. The van der Waals surface area contributed by atoms with E-state index in [4.69, 9.17) is 4.42 Å². The molecule has 4 nitrogen and oxygen atoms in total. The number of benzene rings is 3. The van der Waals surface area contributed by atoms with Gasteiger partial charge < -0.3 is 9.32 Å². The molecule has 0 aliphatic rings. The van der Waals surface area contributed by atoms with E-state index in [2.05, 4.69) is 17.1 Å². The molecule has 4 heteroatoms. The van der Waals surface area contributed by atoms with Crippen LogP contribution in [0.1, 0.15) is 11.3 Å². The molecule has 3 aromatic carbocycles. The minimum Gasteiger partial charge on any atom is -0.444 e. The van der Waals surface area contributed by atoms with Crippen LogP contribution < -0.4 is 4.90 Å². The standard InChI is InChI=1S/C25H22N2O2/c28-24(18-22-19-29-25(26-22)21-12-6-2-7-13-21)27(23-14-8-3-9-15-23)17-16-20-10-4-1-5-11-20/h1-15,19H,16-18H2. The van der Waals surface area contributed by atoms with Crippen molar-refractivity contribution in [1.29, 1.82) is 0 Å². The van der Waals surface area contributed by atoms with E-state index in [1.165, 1.54) is 5.56 Å². The Morgan fingerprint density at radius 2 is 1.45 bits per heavy atom. The van der Waals surface area contributed by atoms with E-state index < -0.39 is 0 Å². The predicted octanol–water partition coefficient (Wildman–Crippen LogP) is 5.16. The van der Waals surface area contributed by atoms with E-state index in [1.54, 1.807) is 6.26 Å². The van der Waals surface area contributed by atoms with E-state index in [-0.39, 0.29) is 12.3 Å². The van der Waals surface area contributed by atoms with Crippen molar-refractivity contribution in [3.05, 3.63) is 109 Å². The van der Waals surface area contributed by atoms with Crippen molar-refractivity contribution in [3.8, 4) is 11.5 Å². The molecule has 0 aliphatic heterocycles. The van der Waals surface area contributed by atoms with Gasteiger partial charge in [-0.15, -0.1) is 0 Å². The maximum absolute atomic E-state index is 13.1. The molecule has 4 rings (SSSR count). The zero-order valence-corrected chi connectivity index (χ0v) is 16.1. The Labute approximate surface area is 170 Å². The molecule has 0 aliphatic carbocycles. The number of carbonyl (C=O) groups is 1. The summed E-state index contributed by atoms with van der Waals surface area (Å²) in [5, 5.41) is 0. The monoisotopic (exact) mass is 382 g/mol. The number of oxazole rings is 1. The Morgan fingerprint density at radius 3 is 2.14 bits per heavy atom. The average molecular weight is 382 g/mol. The third-order valence-corrected chi connectivity index (χ3v) is 4.74. The summed E-state index contributed by atoms with van der Waals surface area (Å²) in [7, 11) is 0. The van der Waals surface area contributed by atoms with Gasteiger partial charge in [-0.25, -0.2) is 4.98 Å². The highest BCUT2D eigenvalue weighted by atomic mass is 16.3. The van der Waals surface area contributed by atoms with Gasteiger partial charge in [0.05, 0.1) is 12.1 Å². The Balaban J connectivity index is 1.50. The van der Waals surface area contributed by atoms with E-state index in [0.717, 1.165) is 17.7 Å². The number of carbonyl (C=O) groups excluding carboxylic acids is 1. The van der Waals surface area contributed by atoms with Gasteiger partial charge in [-0.2, -0.15) is 0 Å². The van der Waals surface area contributed by atoms with Crippen LogP contribution in [0.15, 0.2) is 102 Å². The molecule has 29 heavy (non-hydrogen) atoms. The lowest BCUT2D eigenvalue weighted by Gasteiger charge is -2.22. The fourth-order valence-corrected chi connectivity index (χ4v) is 3.24. The minimum atomic E-state index is 0.0000396. The number of hydrogen-bond donors (Lipinski definition) is 0. The molecule has 0 N–H and O–H groups in total. The molecule has 0 saturated carbocycles. The van der Waals surface area contributed by atoms with E-state index >= 15 is 0 Å².